The Morgan fingerprint density at radius 1 is 1.12 bits per heavy atom. The summed E-state index contributed by atoms with van der Waals surface area (Å²) < 4.78 is 39.4. The molecule has 11 heteroatoms. The van der Waals surface area contributed by atoms with Crippen molar-refractivity contribution in [3.05, 3.63) is 53.6 Å². The van der Waals surface area contributed by atoms with Crippen LogP contribution in [0.4, 0.5) is 24.5 Å². The summed E-state index contributed by atoms with van der Waals surface area (Å²) in [5.74, 6) is -1.52. The van der Waals surface area contributed by atoms with Gasteiger partial charge in [0.15, 0.2) is 0 Å². The zero-order valence-corrected chi connectivity index (χ0v) is 19.4. The van der Waals surface area contributed by atoms with Gasteiger partial charge in [0, 0.05) is 28.9 Å². The second kappa shape index (κ2) is 10.7. The first-order valence-electron chi connectivity index (χ1n) is 9.90. The Morgan fingerprint density at radius 3 is 2.24 bits per heavy atom. The number of nitrogens with zero attached hydrogens (tertiary/aromatic N) is 2. The van der Waals surface area contributed by atoms with E-state index in [2.05, 4.69) is 5.32 Å². The van der Waals surface area contributed by atoms with E-state index in [1.165, 1.54) is 31.7 Å². The summed E-state index contributed by atoms with van der Waals surface area (Å²) >= 11 is 1.12. The summed E-state index contributed by atoms with van der Waals surface area (Å²) in [4.78, 5) is 37.6. The van der Waals surface area contributed by atoms with Crippen molar-refractivity contribution in [1.82, 2.24) is 0 Å². The smallest absolute Gasteiger partial charge is 0.379 e. The number of anilines is 2. The average molecular weight is 494 g/mol. The number of hydrogen-bond acceptors (Lipinski definition) is 6. The quantitative estimate of drug-likeness (QED) is 0.538. The van der Waals surface area contributed by atoms with E-state index in [1.807, 2.05) is 0 Å². The molecule has 1 atom stereocenters. The van der Waals surface area contributed by atoms with Crippen LogP contribution in [0.25, 0.3) is 0 Å². The molecule has 2 aromatic carbocycles. The molecule has 7 nitrogen and oxygen atoms in total. The van der Waals surface area contributed by atoms with Gasteiger partial charge in [-0.1, -0.05) is 0 Å². The first kappa shape index (κ1) is 26.9. The van der Waals surface area contributed by atoms with Gasteiger partial charge in [-0.25, -0.2) is 0 Å². The van der Waals surface area contributed by atoms with Gasteiger partial charge < -0.3 is 15.3 Å². The molecule has 0 aliphatic carbocycles. The van der Waals surface area contributed by atoms with Crippen LogP contribution in [-0.2, 0) is 20.6 Å². The van der Waals surface area contributed by atoms with E-state index >= 15 is 0 Å². The number of carbonyl (C=O) groups excluding carboxylic acids is 3. The summed E-state index contributed by atoms with van der Waals surface area (Å²) in [7, 11) is 0. The molecule has 0 spiro atoms. The molecule has 0 heterocycles. The fourth-order valence-corrected chi connectivity index (χ4v) is 3.75. The van der Waals surface area contributed by atoms with E-state index in [9.17, 15) is 32.7 Å². The van der Waals surface area contributed by atoms with E-state index in [-0.39, 0.29) is 29.7 Å². The maximum atomic E-state index is 13.1. The number of halogens is 3. The van der Waals surface area contributed by atoms with Crippen molar-refractivity contribution >= 4 is 40.7 Å². The first-order valence-corrected chi connectivity index (χ1v) is 10.9. The maximum absolute atomic E-state index is 13.1. The van der Waals surface area contributed by atoms with Crippen molar-refractivity contribution in [1.29, 1.82) is 5.26 Å². The molecule has 1 unspecified atom stereocenters. The van der Waals surface area contributed by atoms with Gasteiger partial charge in [-0.2, -0.15) is 18.4 Å². The second-order valence-corrected chi connectivity index (χ2v) is 8.74. The number of ketones is 1. The number of rotatable bonds is 8. The number of carbonyl (C=O) groups is 3. The monoisotopic (exact) mass is 493 g/mol. The highest BCUT2D eigenvalue weighted by atomic mass is 32.2. The van der Waals surface area contributed by atoms with Crippen molar-refractivity contribution in [3.8, 4) is 6.07 Å². The van der Waals surface area contributed by atoms with Crippen LogP contribution in [0, 0.1) is 11.3 Å². The van der Waals surface area contributed by atoms with Crippen LogP contribution in [-0.4, -0.2) is 40.6 Å². The van der Waals surface area contributed by atoms with E-state index in [0.29, 0.717) is 16.6 Å². The van der Waals surface area contributed by atoms with E-state index in [0.717, 1.165) is 23.9 Å². The molecule has 2 aromatic rings. The van der Waals surface area contributed by atoms with Gasteiger partial charge in [0.2, 0.25) is 5.91 Å². The standard InChI is InChI=1S/C23H22F3N3O4S/c1-14(30)12-29(15(2)31)18-6-8-19(9-7-18)34-13-22(3,33)21(32)28-17-5-4-16(11-27)20(10-17)23(24,25)26/h4-10,33H,12-13H2,1-3H3,(H,28,32). The number of benzene rings is 2. The SMILES string of the molecule is CC(=O)CN(C(C)=O)c1ccc(SCC(C)(O)C(=O)Nc2ccc(C#N)c(C(F)(F)F)c2)cc1. The first-order chi connectivity index (χ1) is 15.7. The lowest BCUT2D eigenvalue weighted by Crippen LogP contribution is -2.42. The third kappa shape index (κ3) is 7.07. The summed E-state index contributed by atoms with van der Waals surface area (Å²) in [6, 6.07) is 10.7. The molecule has 180 valence electrons. The number of nitriles is 1. The Bertz CT molecular complexity index is 1130. The molecule has 0 radical (unpaired) electrons. The molecular weight excluding hydrogens is 471 g/mol. The van der Waals surface area contributed by atoms with Gasteiger partial charge in [-0.15, -0.1) is 11.8 Å². The number of thioether (sulfide) groups is 1. The highest BCUT2D eigenvalue weighted by Gasteiger charge is 2.35. The summed E-state index contributed by atoms with van der Waals surface area (Å²) in [5, 5.41) is 21.7. The Hall–Kier alpha value is -3.36. The van der Waals surface area contributed by atoms with Gasteiger partial charge in [-0.3, -0.25) is 14.4 Å². The predicted octanol–water partition coefficient (Wildman–Crippen LogP) is 4.00. The number of amides is 2. The minimum atomic E-state index is -4.78. The van der Waals surface area contributed by atoms with Crippen molar-refractivity contribution in [2.24, 2.45) is 0 Å². The molecule has 0 saturated heterocycles. The molecule has 0 fully saturated rings. The lowest BCUT2D eigenvalue weighted by Gasteiger charge is -2.23. The van der Waals surface area contributed by atoms with Crippen LogP contribution >= 0.6 is 11.8 Å². The molecule has 2 N–H and O–H groups in total. The fraction of sp³-hybridized carbons (Fsp3) is 0.304. The number of hydrogen-bond donors (Lipinski definition) is 2. The number of aliphatic hydroxyl groups is 1. The molecule has 0 aliphatic rings. The molecule has 2 amide bonds. The van der Waals surface area contributed by atoms with Crippen LogP contribution in [0.15, 0.2) is 47.4 Å². The molecule has 34 heavy (non-hydrogen) atoms. The van der Waals surface area contributed by atoms with Gasteiger partial charge in [0.25, 0.3) is 5.91 Å². The van der Waals surface area contributed by atoms with Crippen molar-refractivity contribution < 1.29 is 32.7 Å². The Kier molecular flexibility index (Phi) is 8.47. The van der Waals surface area contributed by atoms with Crippen LogP contribution in [0.3, 0.4) is 0 Å². The molecule has 0 aromatic heterocycles. The van der Waals surface area contributed by atoms with Crippen molar-refractivity contribution in [2.45, 2.75) is 37.4 Å². The van der Waals surface area contributed by atoms with Gasteiger partial charge >= 0.3 is 6.18 Å². The lowest BCUT2D eigenvalue weighted by molar-refractivity contribution is -0.138. The Labute approximate surface area is 198 Å². The Balaban J connectivity index is 2.08. The molecule has 0 saturated carbocycles. The van der Waals surface area contributed by atoms with Crippen LogP contribution < -0.4 is 10.2 Å². The zero-order chi connectivity index (χ0) is 25.7. The molecule has 0 aliphatic heterocycles. The average Bonchev–Trinajstić information content (AvgIpc) is 2.75. The van der Waals surface area contributed by atoms with E-state index in [1.54, 1.807) is 24.3 Å². The minimum Gasteiger partial charge on any atom is -0.379 e. The summed E-state index contributed by atoms with van der Waals surface area (Å²) in [5.41, 5.74) is -3.40. The highest BCUT2D eigenvalue weighted by molar-refractivity contribution is 7.99. The van der Waals surface area contributed by atoms with Gasteiger partial charge in [0.1, 0.15) is 11.4 Å². The summed E-state index contributed by atoms with van der Waals surface area (Å²) in [6.45, 7) is 3.87. The predicted molar refractivity (Wildman–Crippen MR) is 121 cm³/mol. The third-order valence-electron chi connectivity index (χ3n) is 4.62. The van der Waals surface area contributed by atoms with Gasteiger partial charge in [0.05, 0.1) is 23.7 Å². The van der Waals surface area contributed by atoms with Crippen molar-refractivity contribution in [3.63, 3.8) is 0 Å². The second-order valence-electron chi connectivity index (χ2n) is 7.69. The molecule has 0 bridgehead atoms. The number of alkyl halides is 3. The lowest BCUT2D eigenvalue weighted by atomic mass is 10.1. The molecular formula is C23H22F3N3O4S. The summed E-state index contributed by atoms with van der Waals surface area (Å²) in [6.07, 6.45) is -4.78. The zero-order valence-electron chi connectivity index (χ0n) is 18.6. The van der Waals surface area contributed by atoms with E-state index < -0.39 is 28.8 Å². The van der Waals surface area contributed by atoms with Crippen LogP contribution in [0.2, 0.25) is 0 Å². The van der Waals surface area contributed by atoms with E-state index in [4.69, 9.17) is 5.26 Å². The molecule has 2 rings (SSSR count). The van der Waals surface area contributed by atoms with Crippen molar-refractivity contribution in [2.75, 3.05) is 22.5 Å². The normalized spacial score (nSPS) is 12.9. The highest BCUT2D eigenvalue weighted by Crippen LogP contribution is 2.34. The van der Waals surface area contributed by atoms with Gasteiger partial charge in [-0.05, 0) is 56.3 Å². The Morgan fingerprint density at radius 2 is 1.74 bits per heavy atom. The minimum absolute atomic E-state index is 0.0674. The number of Topliss-reactive ketones (excluding diaryl/α,β-unsaturated/α-hetero) is 1. The third-order valence-corrected chi connectivity index (χ3v) is 5.93. The largest absolute Gasteiger partial charge is 0.417 e. The van der Waals surface area contributed by atoms with Crippen LogP contribution in [0.5, 0.6) is 0 Å². The topological polar surface area (TPSA) is 110 Å². The number of nitrogens with one attached hydrogen (secondary N) is 1. The maximum Gasteiger partial charge on any atom is 0.417 e. The fourth-order valence-electron chi connectivity index (χ4n) is 2.84. The van der Waals surface area contributed by atoms with Crippen LogP contribution in [0.1, 0.15) is 31.9 Å².